The van der Waals surface area contributed by atoms with Crippen LogP contribution >= 0.6 is 63.7 Å². The van der Waals surface area contributed by atoms with Crippen LogP contribution in [-0.2, 0) is 9.53 Å². The highest BCUT2D eigenvalue weighted by Crippen LogP contribution is 2.45. The molecule has 1 aliphatic rings. The number of nitrogens with zero attached hydrogens (tertiary/aromatic N) is 1. The fourth-order valence-corrected chi connectivity index (χ4v) is 4.04. The van der Waals surface area contributed by atoms with Gasteiger partial charge in [-0.2, -0.15) is 0 Å². The second-order valence-electron chi connectivity index (χ2n) is 2.61. The third-order valence-electron chi connectivity index (χ3n) is 1.58. The Balaban J connectivity index is 2.90. The molecule has 8 heteroatoms. The molecule has 2 atom stereocenters. The SMILES string of the molecule is CC(=O)N1C(=O)OC(C(Br)(Br)Br)C1Br. The number of alkyl halides is 4. The minimum Gasteiger partial charge on any atom is -0.439 e. The van der Waals surface area contributed by atoms with Gasteiger partial charge >= 0.3 is 6.09 Å². The summed E-state index contributed by atoms with van der Waals surface area (Å²) in [6.07, 6.45) is -1.22. The lowest BCUT2D eigenvalue weighted by atomic mass is 10.4. The second kappa shape index (κ2) is 4.39. The topological polar surface area (TPSA) is 46.6 Å². The summed E-state index contributed by atoms with van der Waals surface area (Å²) in [5.41, 5.74) is 0. The molecule has 0 radical (unpaired) electrons. The Bertz CT molecular complexity index is 277. The quantitative estimate of drug-likeness (QED) is 0.414. The van der Waals surface area contributed by atoms with Crippen molar-refractivity contribution in [3.05, 3.63) is 0 Å². The van der Waals surface area contributed by atoms with Crippen molar-refractivity contribution in [1.82, 2.24) is 4.90 Å². The van der Waals surface area contributed by atoms with Crippen molar-refractivity contribution in [3.63, 3.8) is 0 Å². The van der Waals surface area contributed by atoms with Crippen LogP contribution in [0.15, 0.2) is 0 Å². The summed E-state index contributed by atoms with van der Waals surface area (Å²) in [7, 11) is 0. The zero-order chi connectivity index (χ0) is 11.1. The third-order valence-corrected chi connectivity index (χ3v) is 3.83. The fourth-order valence-electron chi connectivity index (χ4n) is 0.983. The summed E-state index contributed by atoms with van der Waals surface area (Å²) >= 11 is 12.9. The molecule has 1 rings (SSSR count). The number of halogens is 4. The van der Waals surface area contributed by atoms with E-state index in [1.165, 1.54) is 6.92 Å². The summed E-state index contributed by atoms with van der Waals surface area (Å²) in [6, 6.07) is 0. The molecule has 1 heterocycles. The van der Waals surface area contributed by atoms with Crippen molar-refractivity contribution < 1.29 is 14.3 Å². The number of ether oxygens (including phenoxy) is 1. The highest BCUT2D eigenvalue weighted by atomic mass is 80.0. The monoisotopic (exact) mass is 455 g/mol. The summed E-state index contributed by atoms with van der Waals surface area (Å²) in [5.74, 6) is -0.365. The van der Waals surface area contributed by atoms with Crippen molar-refractivity contribution in [3.8, 4) is 0 Å². The first-order valence-electron chi connectivity index (χ1n) is 3.46. The largest absolute Gasteiger partial charge is 0.439 e. The maximum absolute atomic E-state index is 11.3. The van der Waals surface area contributed by atoms with Gasteiger partial charge in [0, 0.05) is 6.92 Å². The number of imide groups is 1. The standard InChI is InChI=1S/C6H5Br4NO3/c1-2(12)11-4(7)3(6(8,9)10)14-5(11)13/h3-4H,1H3. The molecule has 0 aliphatic carbocycles. The number of cyclic esters (lactones) is 1. The van der Waals surface area contributed by atoms with Crippen molar-refractivity contribution >= 4 is 75.7 Å². The highest BCUT2D eigenvalue weighted by Gasteiger charge is 2.51. The number of carbonyl (C=O) groups is 2. The molecule has 2 unspecified atom stereocenters. The first-order chi connectivity index (χ1) is 6.25. The Morgan fingerprint density at radius 2 is 2.00 bits per heavy atom. The maximum Gasteiger partial charge on any atom is 0.418 e. The van der Waals surface area contributed by atoms with E-state index in [1.54, 1.807) is 0 Å². The molecule has 1 saturated heterocycles. The molecule has 0 aromatic heterocycles. The second-order valence-corrected chi connectivity index (χ2v) is 10.5. The van der Waals surface area contributed by atoms with Crippen LogP contribution in [0.1, 0.15) is 6.92 Å². The van der Waals surface area contributed by atoms with E-state index in [0.717, 1.165) is 4.90 Å². The Labute approximate surface area is 114 Å². The van der Waals surface area contributed by atoms with Crippen LogP contribution < -0.4 is 0 Å². The summed E-state index contributed by atoms with van der Waals surface area (Å²) in [4.78, 5) is 22.9. The predicted molar refractivity (Wildman–Crippen MR) is 65.0 cm³/mol. The molecular formula is C6H5Br4NO3. The van der Waals surface area contributed by atoms with Crippen LogP contribution in [0.5, 0.6) is 0 Å². The molecule has 0 N–H and O–H groups in total. The Kier molecular flexibility index (Phi) is 4.05. The lowest BCUT2D eigenvalue weighted by molar-refractivity contribution is -0.125. The first-order valence-corrected chi connectivity index (χ1v) is 6.76. The molecular weight excluding hydrogens is 454 g/mol. The van der Waals surface area contributed by atoms with Gasteiger partial charge in [-0.3, -0.25) is 4.79 Å². The predicted octanol–water partition coefficient (Wildman–Crippen LogP) is 2.91. The zero-order valence-electron chi connectivity index (χ0n) is 6.84. The van der Waals surface area contributed by atoms with E-state index in [-0.39, 0.29) is 5.91 Å². The van der Waals surface area contributed by atoms with Gasteiger partial charge in [0.25, 0.3) is 0 Å². The van der Waals surface area contributed by atoms with Gasteiger partial charge in [-0.25, -0.2) is 9.69 Å². The van der Waals surface area contributed by atoms with E-state index in [4.69, 9.17) is 4.74 Å². The van der Waals surface area contributed by atoms with Crippen molar-refractivity contribution in [2.24, 2.45) is 0 Å². The van der Waals surface area contributed by atoms with Crippen molar-refractivity contribution in [1.29, 1.82) is 0 Å². The van der Waals surface area contributed by atoms with Crippen LogP contribution in [-0.4, -0.2) is 30.1 Å². The van der Waals surface area contributed by atoms with Gasteiger partial charge in [-0.1, -0.05) is 63.7 Å². The molecule has 4 nitrogen and oxygen atoms in total. The molecule has 14 heavy (non-hydrogen) atoms. The van der Waals surface area contributed by atoms with Crippen LogP contribution in [0.2, 0.25) is 0 Å². The molecule has 80 valence electrons. The van der Waals surface area contributed by atoms with Gasteiger partial charge in [-0.15, -0.1) is 0 Å². The summed E-state index contributed by atoms with van der Waals surface area (Å²) < 4.78 is 4.24. The van der Waals surface area contributed by atoms with Crippen molar-refractivity contribution in [2.75, 3.05) is 0 Å². The van der Waals surface area contributed by atoms with Gasteiger partial charge in [0.05, 0.1) is 0 Å². The summed E-state index contributed by atoms with van der Waals surface area (Å²) in [6.45, 7) is 1.30. The Hall–Kier alpha value is 0.860. The van der Waals surface area contributed by atoms with Crippen LogP contribution in [0.4, 0.5) is 4.79 Å². The Morgan fingerprint density at radius 3 is 2.21 bits per heavy atom. The number of amides is 2. The van der Waals surface area contributed by atoms with E-state index in [1.807, 2.05) is 0 Å². The molecule has 0 bridgehead atoms. The van der Waals surface area contributed by atoms with E-state index < -0.39 is 19.3 Å². The minimum absolute atomic E-state index is 0.365. The smallest absolute Gasteiger partial charge is 0.418 e. The molecule has 0 aromatic carbocycles. The first kappa shape index (κ1) is 12.9. The minimum atomic E-state index is -0.749. The average molecular weight is 459 g/mol. The van der Waals surface area contributed by atoms with Crippen LogP contribution in [0.25, 0.3) is 0 Å². The molecule has 0 spiro atoms. The number of hydrogen-bond donors (Lipinski definition) is 0. The van der Waals surface area contributed by atoms with Crippen LogP contribution in [0, 0.1) is 0 Å². The number of hydrogen-bond acceptors (Lipinski definition) is 3. The highest BCUT2D eigenvalue weighted by molar-refractivity contribution is 9.39. The van der Waals surface area contributed by atoms with E-state index in [9.17, 15) is 9.59 Å². The maximum atomic E-state index is 11.3. The van der Waals surface area contributed by atoms with E-state index in [0.29, 0.717) is 0 Å². The summed E-state index contributed by atoms with van der Waals surface area (Å²) in [5, 5.41) is 0. The van der Waals surface area contributed by atoms with Gasteiger partial charge in [0.1, 0.15) is 4.95 Å². The molecule has 0 aromatic rings. The van der Waals surface area contributed by atoms with Gasteiger partial charge in [0.15, 0.2) is 8.25 Å². The molecule has 0 saturated carbocycles. The van der Waals surface area contributed by atoms with E-state index in [2.05, 4.69) is 63.7 Å². The Morgan fingerprint density at radius 1 is 1.50 bits per heavy atom. The van der Waals surface area contributed by atoms with Gasteiger partial charge in [0.2, 0.25) is 5.91 Å². The molecule has 1 aliphatic heterocycles. The normalized spacial score (nSPS) is 27.8. The lowest BCUT2D eigenvalue weighted by Crippen LogP contribution is -2.39. The van der Waals surface area contributed by atoms with Gasteiger partial charge < -0.3 is 4.74 Å². The number of carbonyl (C=O) groups excluding carboxylic acids is 2. The van der Waals surface area contributed by atoms with E-state index >= 15 is 0 Å². The lowest BCUT2D eigenvalue weighted by Gasteiger charge is -2.22. The average Bonchev–Trinajstić information content (AvgIpc) is 2.24. The number of rotatable bonds is 0. The third kappa shape index (κ3) is 2.51. The van der Waals surface area contributed by atoms with Crippen LogP contribution in [0.3, 0.4) is 0 Å². The zero-order valence-corrected chi connectivity index (χ0v) is 13.2. The molecule has 1 fully saturated rings. The molecule has 2 amide bonds. The van der Waals surface area contributed by atoms with Crippen molar-refractivity contribution in [2.45, 2.75) is 20.1 Å². The van der Waals surface area contributed by atoms with Gasteiger partial charge in [-0.05, 0) is 0 Å². The fraction of sp³-hybridized carbons (Fsp3) is 0.667.